The number of nitrogens with one attached hydrogen (secondary N) is 1. The maximum absolute atomic E-state index is 9.28. The molecule has 0 saturated heterocycles. The molecule has 0 heterocycles. The molecule has 102 valence electrons. The van der Waals surface area contributed by atoms with Crippen LogP contribution in [-0.2, 0) is 0 Å². The summed E-state index contributed by atoms with van der Waals surface area (Å²) < 4.78 is 5.19. The third-order valence-electron chi connectivity index (χ3n) is 3.14. The van der Waals surface area contributed by atoms with Crippen LogP contribution in [-0.4, -0.2) is 37.2 Å². The number of methoxy groups -OCH3 is 1. The Labute approximate surface area is 114 Å². The molecule has 0 saturated carbocycles. The van der Waals surface area contributed by atoms with Gasteiger partial charge in [-0.1, -0.05) is 6.07 Å². The highest BCUT2D eigenvalue weighted by Gasteiger charge is 2.19. The molecule has 0 spiro atoms. The molecule has 1 unspecified atom stereocenters. The van der Waals surface area contributed by atoms with Crippen LogP contribution in [0.3, 0.4) is 0 Å². The maximum Gasteiger partial charge on any atom is 0.119 e. The molecular weight excluding hydrogens is 246 g/mol. The van der Waals surface area contributed by atoms with Gasteiger partial charge in [0.1, 0.15) is 5.75 Å². The lowest BCUT2D eigenvalue weighted by Gasteiger charge is -2.26. The third-order valence-corrected chi connectivity index (χ3v) is 4.22. The van der Waals surface area contributed by atoms with E-state index in [0.29, 0.717) is 0 Å². The Morgan fingerprint density at radius 1 is 1.44 bits per heavy atom. The van der Waals surface area contributed by atoms with Crippen molar-refractivity contribution in [2.24, 2.45) is 0 Å². The molecular formula is C14H23NO2S. The number of ether oxygens (including phenoxy) is 1. The van der Waals surface area contributed by atoms with Crippen molar-refractivity contribution in [2.45, 2.75) is 30.2 Å². The molecule has 18 heavy (non-hydrogen) atoms. The predicted molar refractivity (Wildman–Crippen MR) is 77.5 cm³/mol. The van der Waals surface area contributed by atoms with Crippen LogP contribution in [0.25, 0.3) is 0 Å². The molecule has 4 heteroatoms. The number of aliphatic hydroxyl groups excluding tert-OH is 1. The van der Waals surface area contributed by atoms with E-state index in [-0.39, 0.29) is 12.1 Å². The van der Waals surface area contributed by atoms with Crippen molar-refractivity contribution in [1.82, 2.24) is 5.32 Å². The van der Waals surface area contributed by atoms with Gasteiger partial charge < -0.3 is 15.2 Å². The van der Waals surface area contributed by atoms with E-state index in [0.717, 1.165) is 24.3 Å². The summed E-state index contributed by atoms with van der Waals surface area (Å²) in [7, 11) is 3.58. The average Bonchev–Trinajstić information content (AvgIpc) is 2.43. The topological polar surface area (TPSA) is 41.5 Å². The van der Waals surface area contributed by atoms with Crippen molar-refractivity contribution in [2.75, 3.05) is 26.5 Å². The lowest BCUT2D eigenvalue weighted by atomic mass is 9.98. The maximum atomic E-state index is 9.28. The summed E-state index contributed by atoms with van der Waals surface area (Å²) >= 11 is 1.82. The zero-order chi connectivity index (χ0) is 13.4. The van der Waals surface area contributed by atoms with E-state index in [1.165, 1.54) is 4.90 Å². The van der Waals surface area contributed by atoms with E-state index in [9.17, 15) is 5.11 Å². The molecule has 1 rings (SSSR count). The number of hydrogen-bond acceptors (Lipinski definition) is 4. The van der Waals surface area contributed by atoms with Gasteiger partial charge in [-0.15, -0.1) is 11.8 Å². The summed E-state index contributed by atoms with van der Waals surface area (Å²) in [6.07, 6.45) is 2.04. The third kappa shape index (κ3) is 4.88. The number of hydrogen-bond donors (Lipinski definition) is 2. The summed E-state index contributed by atoms with van der Waals surface area (Å²) in [5, 5.41) is 12.4. The number of rotatable bonds is 8. The summed E-state index contributed by atoms with van der Waals surface area (Å²) in [5.41, 5.74) is -0.158. The van der Waals surface area contributed by atoms with Crippen LogP contribution in [0.4, 0.5) is 0 Å². The Morgan fingerprint density at radius 2 is 2.22 bits per heavy atom. The Morgan fingerprint density at radius 3 is 2.83 bits per heavy atom. The van der Waals surface area contributed by atoms with Gasteiger partial charge >= 0.3 is 0 Å². The Hall–Kier alpha value is -0.710. The van der Waals surface area contributed by atoms with Crippen molar-refractivity contribution in [3.8, 4) is 5.75 Å². The molecule has 3 nitrogen and oxygen atoms in total. The molecule has 0 bridgehead atoms. The number of likely N-dealkylation sites (N-methyl/N-ethyl adjacent to an activating group) is 1. The Bertz CT molecular complexity index is 353. The second-order valence-corrected chi connectivity index (χ2v) is 5.77. The molecule has 0 fully saturated rings. The first kappa shape index (κ1) is 15.3. The fourth-order valence-electron chi connectivity index (χ4n) is 1.63. The summed E-state index contributed by atoms with van der Waals surface area (Å²) in [4.78, 5) is 1.23. The normalized spacial score (nSPS) is 14.2. The van der Waals surface area contributed by atoms with Crippen LogP contribution < -0.4 is 10.1 Å². The zero-order valence-corrected chi connectivity index (χ0v) is 12.2. The molecule has 1 aromatic rings. The highest BCUT2D eigenvalue weighted by molar-refractivity contribution is 7.99. The van der Waals surface area contributed by atoms with Gasteiger partial charge in [0.15, 0.2) is 0 Å². The van der Waals surface area contributed by atoms with Crippen LogP contribution in [0.15, 0.2) is 29.2 Å². The van der Waals surface area contributed by atoms with E-state index >= 15 is 0 Å². The lowest BCUT2D eigenvalue weighted by Crippen LogP contribution is -2.43. The highest BCUT2D eigenvalue weighted by Crippen LogP contribution is 2.24. The highest BCUT2D eigenvalue weighted by atomic mass is 32.2. The van der Waals surface area contributed by atoms with Gasteiger partial charge in [0, 0.05) is 10.4 Å². The van der Waals surface area contributed by atoms with E-state index in [1.54, 1.807) is 7.11 Å². The van der Waals surface area contributed by atoms with Crippen LogP contribution in [0.5, 0.6) is 5.75 Å². The minimum absolute atomic E-state index is 0.158. The molecule has 0 radical (unpaired) electrons. The summed E-state index contributed by atoms with van der Waals surface area (Å²) in [5.74, 6) is 1.94. The van der Waals surface area contributed by atoms with Crippen molar-refractivity contribution in [3.05, 3.63) is 24.3 Å². The van der Waals surface area contributed by atoms with Gasteiger partial charge in [0.2, 0.25) is 0 Å². The smallest absolute Gasteiger partial charge is 0.119 e. The monoisotopic (exact) mass is 269 g/mol. The van der Waals surface area contributed by atoms with Crippen molar-refractivity contribution < 1.29 is 9.84 Å². The molecule has 2 N–H and O–H groups in total. The molecule has 0 amide bonds. The predicted octanol–water partition coefficient (Wildman–Crippen LogP) is 2.54. The molecule has 0 aliphatic carbocycles. The van der Waals surface area contributed by atoms with Gasteiger partial charge in [-0.3, -0.25) is 0 Å². The second kappa shape index (κ2) is 7.67. The van der Waals surface area contributed by atoms with Gasteiger partial charge in [-0.05, 0) is 50.8 Å². The second-order valence-electron chi connectivity index (χ2n) is 4.60. The van der Waals surface area contributed by atoms with Crippen molar-refractivity contribution in [3.63, 3.8) is 0 Å². The first-order valence-corrected chi connectivity index (χ1v) is 7.19. The minimum atomic E-state index is -0.158. The largest absolute Gasteiger partial charge is 0.497 e. The quantitative estimate of drug-likeness (QED) is 0.562. The molecule has 1 aromatic carbocycles. The van der Waals surface area contributed by atoms with E-state index in [2.05, 4.69) is 11.4 Å². The Balaban J connectivity index is 2.33. The molecule has 0 aliphatic heterocycles. The van der Waals surface area contributed by atoms with Crippen LogP contribution in [0, 0.1) is 0 Å². The summed E-state index contributed by atoms with van der Waals surface area (Å²) in [6.45, 7) is 2.22. The number of thioether (sulfide) groups is 1. The Kier molecular flexibility index (Phi) is 6.54. The SMILES string of the molecule is CNC(C)(CO)CCCSc1cccc(OC)c1. The van der Waals surface area contributed by atoms with Crippen molar-refractivity contribution in [1.29, 1.82) is 0 Å². The lowest BCUT2D eigenvalue weighted by molar-refractivity contribution is 0.173. The fourth-order valence-corrected chi connectivity index (χ4v) is 2.53. The number of aliphatic hydroxyl groups is 1. The molecule has 0 aromatic heterocycles. The zero-order valence-electron chi connectivity index (χ0n) is 11.4. The van der Waals surface area contributed by atoms with Crippen LogP contribution >= 0.6 is 11.8 Å². The van der Waals surface area contributed by atoms with E-state index < -0.39 is 0 Å². The van der Waals surface area contributed by atoms with Crippen molar-refractivity contribution >= 4 is 11.8 Å². The summed E-state index contributed by atoms with van der Waals surface area (Å²) in [6, 6.07) is 8.10. The van der Waals surface area contributed by atoms with Gasteiger partial charge in [-0.2, -0.15) is 0 Å². The minimum Gasteiger partial charge on any atom is -0.497 e. The van der Waals surface area contributed by atoms with Gasteiger partial charge in [-0.25, -0.2) is 0 Å². The first-order valence-electron chi connectivity index (χ1n) is 6.20. The first-order chi connectivity index (χ1) is 8.63. The molecule has 1 atom stereocenters. The van der Waals surface area contributed by atoms with Gasteiger partial charge in [0.05, 0.1) is 13.7 Å². The van der Waals surface area contributed by atoms with Gasteiger partial charge in [0.25, 0.3) is 0 Å². The average molecular weight is 269 g/mol. The molecule has 0 aliphatic rings. The fraction of sp³-hybridized carbons (Fsp3) is 0.571. The van der Waals surface area contributed by atoms with E-state index in [1.807, 2.05) is 43.9 Å². The van der Waals surface area contributed by atoms with Crippen LogP contribution in [0.1, 0.15) is 19.8 Å². The standard InChI is InChI=1S/C14H23NO2S/c1-14(11-16,15-2)8-5-9-18-13-7-4-6-12(10-13)17-3/h4,6-7,10,15-16H,5,8-9,11H2,1-3H3. The van der Waals surface area contributed by atoms with Crippen LogP contribution in [0.2, 0.25) is 0 Å². The van der Waals surface area contributed by atoms with E-state index in [4.69, 9.17) is 4.74 Å². The number of benzene rings is 1.